The molecule has 1 aromatic heterocycles. The number of ether oxygens (including phenoxy) is 1. The van der Waals surface area contributed by atoms with Crippen LogP contribution in [0.4, 0.5) is 4.79 Å². The number of nitrogens with zero attached hydrogens (tertiary/aromatic N) is 3. The lowest BCUT2D eigenvalue weighted by atomic mass is 9.96. The van der Waals surface area contributed by atoms with Crippen molar-refractivity contribution in [1.29, 1.82) is 0 Å². The van der Waals surface area contributed by atoms with E-state index in [1.165, 1.54) is 7.11 Å². The zero-order valence-corrected chi connectivity index (χ0v) is 16.9. The van der Waals surface area contributed by atoms with Crippen LogP contribution in [0, 0.1) is 12.8 Å². The van der Waals surface area contributed by atoms with Crippen LogP contribution in [0.1, 0.15) is 47.6 Å². The van der Waals surface area contributed by atoms with E-state index in [1.807, 2.05) is 9.80 Å². The smallest absolute Gasteiger partial charge is 0.341 e. The van der Waals surface area contributed by atoms with Gasteiger partial charge in [-0.05, 0) is 38.7 Å². The van der Waals surface area contributed by atoms with Crippen LogP contribution in [-0.4, -0.2) is 72.9 Å². The Kier molecular flexibility index (Phi) is 6.26. The van der Waals surface area contributed by atoms with Gasteiger partial charge in [0, 0.05) is 33.2 Å². The molecule has 0 spiro atoms. The van der Waals surface area contributed by atoms with Crippen molar-refractivity contribution < 1.29 is 23.5 Å². The minimum Gasteiger partial charge on any atom is -0.465 e. The molecule has 0 bridgehead atoms. The summed E-state index contributed by atoms with van der Waals surface area (Å²) in [6.45, 7) is 4.77. The molecule has 0 unspecified atom stereocenters. The third-order valence-electron chi connectivity index (χ3n) is 5.56. The van der Waals surface area contributed by atoms with Gasteiger partial charge in [0.1, 0.15) is 17.1 Å². The van der Waals surface area contributed by atoms with E-state index < -0.39 is 5.97 Å². The molecule has 3 heterocycles. The lowest BCUT2D eigenvalue weighted by Crippen LogP contribution is -2.49. The Morgan fingerprint density at radius 2 is 1.86 bits per heavy atom. The van der Waals surface area contributed by atoms with E-state index in [4.69, 9.17) is 9.15 Å². The largest absolute Gasteiger partial charge is 0.465 e. The first-order valence-electron chi connectivity index (χ1n) is 9.87. The molecular formula is C20H29N3O5. The first-order valence-corrected chi connectivity index (χ1v) is 9.87. The lowest BCUT2D eigenvalue weighted by molar-refractivity contribution is -0.136. The number of hydrogen-bond acceptors (Lipinski definition) is 5. The Labute approximate surface area is 165 Å². The number of furan rings is 1. The fourth-order valence-corrected chi connectivity index (χ4v) is 4.02. The standard InChI is InChI=1S/C20H29N3O5/c1-14-17(19(25)27-3)11-16(28-14)13-21(2)18(24)15-7-6-10-23(12-15)20(26)22-8-4-5-9-22/h11,15H,4-10,12-13H2,1-3H3/t15-/m1/s1. The number of urea groups is 1. The zero-order valence-electron chi connectivity index (χ0n) is 16.9. The van der Waals surface area contributed by atoms with Gasteiger partial charge in [0.25, 0.3) is 0 Å². The predicted molar refractivity (Wildman–Crippen MR) is 102 cm³/mol. The van der Waals surface area contributed by atoms with Gasteiger partial charge in [-0.1, -0.05) is 0 Å². The van der Waals surface area contributed by atoms with Gasteiger partial charge >= 0.3 is 12.0 Å². The van der Waals surface area contributed by atoms with Gasteiger partial charge in [0.2, 0.25) is 5.91 Å². The van der Waals surface area contributed by atoms with E-state index in [2.05, 4.69) is 0 Å². The molecule has 1 aromatic rings. The molecule has 0 N–H and O–H groups in total. The Morgan fingerprint density at radius 1 is 1.18 bits per heavy atom. The van der Waals surface area contributed by atoms with E-state index >= 15 is 0 Å². The van der Waals surface area contributed by atoms with Gasteiger partial charge in [-0.2, -0.15) is 0 Å². The van der Waals surface area contributed by atoms with Gasteiger partial charge in [-0.25, -0.2) is 9.59 Å². The van der Waals surface area contributed by atoms with Crippen LogP contribution in [0.25, 0.3) is 0 Å². The van der Waals surface area contributed by atoms with Crippen LogP contribution < -0.4 is 0 Å². The third kappa shape index (κ3) is 4.31. The van der Waals surface area contributed by atoms with Crippen LogP contribution in [0.15, 0.2) is 10.5 Å². The van der Waals surface area contributed by atoms with Crippen LogP contribution in [0.2, 0.25) is 0 Å². The van der Waals surface area contributed by atoms with Crippen LogP contribution in [0.5, 0.6) is 0 Å². The average Bonchev–Trinajstić information content (AvgIpc) is 3.36. The molecular weight excluding hydrogens is 362 g/mol. The van der Waals surface area contributed by atoms with Crippen molar-refractivity contribution >= 4 is 17.9 Å². The maximum atomic E-state index is 12.9. The van der Waals surface area contributed by atoms with Crippen LogP contribution >= 0.6 is 0 Å². The van der Waals surface area contributed by atoms with Gasteiger partial charge < -0.3 is 23.9 Å². The van der Waals surface area contributed by atoms with E-state index in [-0.39, 0.29) is 24.4 Å². The highest BCUT2D eigenvalue weighted by Gasteiger charge is 2.33. The van der Waals surface area contributed by atoms with Gasteiger partial charge in [0.05, 0.1) is 19.6 Å². The molecule has 8 nitrogen and oxygen atoms in total. The summed E-state index contributed by atoms with van der Waals surface area (Å²) in [5, 5.41) is 0. The van der Waals surface area contributed by atoms with Crippen LogP contribution in [-0.2, 0) is 16.1 Å². The monoisotopic (exact) mass is 391 g/mol. The maximum absolute atomic E-state index is 12.9. The Balaban J connectivity index is 1.59. The second-order valence-electron chi connectivity index (χ2n) is 7.63. The molecule has 3 rings (SSSR count). The Morgan fingerprint density at radius 3 is 2.54 bits per heavy atom. The number of aryl methyl sites for hydroxylation is 1. The number of hydrogen-bond donors (Lipinski definition) is 0. The summed E-state index contributed by atoms with van der Waals surface area (Å²) < 4.78 is 10.3. The minimum atomic E-state index is -0.454. The fraction of sp³-hybridized carbons (Fsp3) is 0.650. The molecule has 3 amide bonds. The van der Waals surface area contributed by atoms with E-state index in [1.54, 1.807) is 24.9 Å². The number of carbonyl (C=O) groups excluding carboxylic acids is 3. The highest BCUT2D eigenvalue weighted by atomic mass is 16.5. The molecule has 0 saturated carbocycles. The van der Waals surface area contributed by atoms with Crippen molar-refractivity contribution in [1.82, 2.24) is 14.7 Å². The molecule has 0 radical (unpaired) electrons. The van der Waals surface area contributed by atoms with Crippen molar-refractivity contribution in [3.05, 3.63) is 23.2 Å². The summed E-state index contributed by atoms with van der Waals surface area (Å²) >= 11 is 0. The molecule has 1 atom stereocenters. The van der Waals surface area contributed by atoms with Crippen molar-refractivity contribution in [2.75, 3.05) is 40.3 Å². The molecule has 2 aliphatic rings. The molecule has 28 heavy (non-hydrogen) atoms. The number of carbonyl (C=O) groups is 3. The van der Waals surface area contributed by atoms with Crippen molar-refractivity contribution in [3.63, 3.8) is 0 Å². The summed E-state index contributed by atoms with van der Waals surface area (Å²) in [5.41, 5.74) is 0.374. The van der Waals surface area contributed by atoms with Gasteiger partial charge in [-0.15, -0.1) is 0 Å². The highest BCUT2D eigenvalue weighted by molar-refractivity contribution is 5.90. The van der Waals surface area contributed by atoms with E-state index in [0.717, 1.165) is 38.8 Å². The quantitative estimate of drug-likeness (QED) is 0.735. The minimum absolute atomic E-state index is 0.00686. The topological polar surface area (TPSA) is 83.3 Å². The second kappa shape index (κ2) is 8.67. The first kappa shape index (κ1) is 20.2. The predicted octanol–water partition coefficient (Wildman–Crippen LogP) is 2.26. The lowest BCUT2D eigenvalue weighted by Gasteiger charge is -2.35. The molecule has 154 valence electrons. The summed E-state index contributed by atoms with van der Waals surface area (Å²) in [6.07, 6.45) is 3.72. The number of amides is 3. The number of likely N-dealkylation sites (tertiary alicyclic amines) is 2. The molecule has 2 fully saturated rings. The Hall–Kier alpha value is -2.51. The molecule has 2 saturated heterocycles. The summed E-state index contributed by atoms with van der Waals surface area (Å²) in [4.78, 5) is 42.6. The number of piperidine rings is 1. The van der Waals surface area contributed by atoms with Crippen molar-refractivity contribution in [3.8, 4) is 0 Å². The third-order valence-corrected chi connectivity index (χ3v) is 5.56. The fourth-order valence-electron chi connectivity index (χ4n) is 4.02. The van der Waals surface area contributed by atoms with Crippen molar-refractivity contribution in [2.24, 2.45) is 5.92 Å². The highest BCUT2D eigenvalue weighted by Crippen LogP contribution is 2.23. The molecule has 2 aliphatic heterocycles. The molecule has 0 aromatic carbocycles. The Bertz CT molecular complexity index is 738. The maximum Gasteiger partial charge on any atom is 0.341 e. The molecule has 8 heteroatoms. The summed E-state index contributed by atoms with van der Waals surface area (Å²) in [5.74, 6) is 0.344. The first-order chi connectivity index (χ1) is 13.4. The average molecular weight is 391 g/mol. The van der Waals surface area contributed by atoms with E-state index in [9.17, 15) is 14.4 Å². The summed E-state index contributed by atoms with van der Waals surface area (Å²) in [7, 11) is 3.04. The number of esters is 1. The van der Waals surface area contributed by atoms with Crippen molar-refractivity contribution in [2.45, 2.75) is 39.2 Å². The SMILES string of the molecule is COC(=O)c1cc(CN(C)C(=O)[C@@H]2CCCN(C(=O)N3CCCC3)C2)oc1C. The zero-order chi connectivity index (χ0) is 20.3. The summed E-state index contributed by atoms with van der Waals surface area (Å²) in [6, 6.07) is 1.68. The second-order valence-corrected chi connectivity index (χ2v) is 7.63. The normalized spacial score (nSPS) is 19.6. The molecule has 0 aliphatic carbocycles. The van der Waals surface area contributed by atoms with E-state index in [0.29, 0.717) is 30.2 Å². The number of rotatable bonds is 4. The van der Waals surface area contributed by atoms with Crippen LogP contribution in [0.3, 0.4) is 0 Å². The van der Waals surface area contributed by atoms with Gasteiger partial charge in [0.15, 0.2) is 0 Å². The number of methoxy groups -OCH3 is 1. The van der Waals surface area contributed by atoms with Gasteiger partial charge in [-0.3, -0.25) is 4.79 Å².